The molecule has 1 aliphatic rings. The fraction of sp³-hybridized carbons (Fsp3) is 0.450. The van der Waals surface area contributed by atoms with Crippen LogP contribution in [0.4, 0.5) is 5.69 Å². The maximum atomic E-state index is 4.49. The Morgan fingerprint density at radius 1 is 1.04 bits per heavy atom. The molecule has 1 aromatic carbocycles. The Bertz CT molecular complexity index is 853. The van der Waals surface area contributed by atoms with Crippen molar-refractivity contribution >= 4 is 11.3 Å². The molecule has 142 valence electrons. The third-order valence-corrected chi connectivity index (χ3v) is 5.14. The van der Waals surface area contributed by atoms with Gasteiger partial charge in [0.2, 0.25) is 5.65 Å². The van der Waals surface area contributed by atoms with Crippen LogP contribution in [0, 0.1) is 0 Å². The van der Waals surface area contributed by atoms with E-state index in [1.54, 1.807) is 10.8 Å². The van der Waals surface area contributed by atoms with Crippen molar-refractivity contribution in [1.82, 2.24) is 29.6 Å². The van der Waals surface area contributed by atoms with E-state index in [0.29, 0.717) is 0 Å². The Hall–Kier alpha value is -2.51. The van der Waals surface area contributed by atoms with E-state index in [1.807, 2.05) is 0 Å². The van der Waals surface area contributed by atoms with Crippen LogP contribution in [0.1, 0.15) is 18.2 Å². The number of fused-ring (bicyclic) bond motifs is 1. The highest BCUT2D eigenvalue weighted by Gasteiger charge is 2.16. The summed E-state index contributed by atoms with van der Waals surface area (Å²) < 4.78 is 1.75. The Labute approximate surface area is 160 Å². The topological polar surface area (TPSA) is 61.6 Å². The van der Waals surface area contributed by atoms with E-state index in [-0.39, 0.29) is 0 Å². The zero-order valence-electron chi connectivity index (χ0n) is 15.9. The molecule has 0 amide bonds. The van der Waals surface area contributed by atoms with Gasteiger partial charge in [-0.3, -0.25) is 9.80 Å². The van der Waals surface area contributed by atoms with Crippen LogP contribution in [0.25, 0.3) is 5.65 Å². The summed E-state index contributed by atoms with van der Waals surface area (Å²) in [6.07, 6.45) is 2.55. The average molecular weight is 365 g/mol. The zero-order chi connectivity index (χ0) is 18.5. The average Bonchev–Trinajstić information content (AvgIpc) is 3.19. The predicted octanol–water partition coefficient (Wildman–Crippen LogP) is 1.92. The van der Waals surface area contributed by atoms with E-state index in [0.717, 1.165) is 69.3 Å². The summed E-state index contributed by atoms with van der Waals surface area (Å²) in [6.45, 7) is 9.57. The molecule has 7 heteroatoms. The molecule has 0 spiro atoms. The van der Waals surface area contributed by atoms with Gasteiger partial charge in [0.1, 0.15) is 6.33 Å². The van der Waals surface area contributed by atoms with Crippen molar-refractivity contribution in [3.8, 4) is 0 Å². The Morgan fingerprint density at radius 3 is 2.59 bits per heavy atom. The molecule has 3 aromatic rings. The van der Waals surface area contributed by atoms with Gasteiger partial charge in [0.15, 0.2) is 0 Å². The van der Waals surface area contributed by atoms with E-state index in [1.165, 1.54) is 5.56 Å². The molecule has 3 heterocycles. The fourth-order valence-corrected chi connectivity index (χ4v) is 3.54. The van der Waals surface area contributed by atoms with Crippen LogP contribution in [-0.4, -0.2) is 68.9 Å². The second kappa shape index (κ2) is 8.45. The van der Waals surface area contributed by atoms with E-state index in [4.69, 9.17) is 0 Å². The minimum Gasteiger partial charge on any atom is -0.381 e. The summed E-state index contributed by atoms with van der Waals surface area (Å²) in [4.78, 5) is 5.06. The molecular weight excluding hydrogens is 338 g/mol. The van der Waals surface area contributed by atoms with Gasteiger partial charge in [-0.15, -0.1) is 10.2 Å². The van der Waals surface area contributed by atoms with Crippen molar-refractivity contribution in [3.63, 3.8) is 0 Å². The van der Waals surface area contributed by atoms with Gasteiger partial charge in [-0.1, -0.05) is 37.3 Å². The van der Waals surface area contributed by atoms with Crippen molar-refractivity contribution in [2.45, 2.75) is 19.9 Å². The number of hydrogen-bond acceptors (Lipinski definition) is 6. The molecule has 1 aliphatic heterocycles. The number of nitrogens with zero attached hydrogens (tertiary/aromatic N) is 6. The number of rotatable bonds is 7. The van der Waals surface area contributed by atoms with Gasteiger partial charge in [0, 0.05) is 45.8 Å². The molecule has 7 nitrogen and oxygen atoms in total. The van der Waals surface area contributed by atoms with Crippen LogP contribution < -0.4 is 5.32 Å². The fourth-order valence-electron chi connectivity index (χ4n) is 3.54. The third-order valence-electron chi connectivity index (χ3n) is 5.14. The zero-order valence-corrected chi connectivity index (χ0v) is 15.9. The van der Waals surface area contributed by atoms with Crippen LogP contribution in [0.5, 0.6) is 0 Å². The maximum Gasteiger partial charge on any atom is 0.200 e. The lowest BCUT2D eigenvalue weighted by Crippen LogP contribution is -2.47. The number of hydrogen-bond donors (Lipinski definition) is 1. The number of piperazine rings is 1. The second-order valence-electron chi connectivity index (χ2n) is 7.03. The molecule has 1 fully saturated rings. The molecule has 0 bridgehead atoms. The summed E-state index contributed by atoms with van der Waals surface area (Å²) in [5.41, 5.74) is 4.25. The van der Waals surface area contributed by atoms with E-state index in [9.17, 15) is 0 Å². The minimum atomic E-state index is 0.792. The van der Waals surface area contributed by atoms with Gasteiger partial charge in [-0.25, -0.2) is 0 Å². The van der Waals surface area contributed by atoms with Gasteiger partial charge in [-0.2, -0.15) is 9.61 Å². The summed E-state index contributed by atoms with van der Waals surface area (Å²) in [5, 5.41) is 16.2. The van der Waals surface area contributed by atoms with Crippen LogP contribution in [0.3, 0.4) is 0 Å². The normalized spacial score (nSPS) is 16.0. The second-order valence-corrected chi connectivity index (χ2v) is 7.03. The largest absolute Gasteiger partial charge is 0.381 e. The molecule has 0 radical (unpaired) electrons. The highest BCUT2D eigenvalue weighted by Crippen LogP contribution is 2.15. The van der Waals surface area contributed by atoms with Gasteiger partial charge in [-0.05, 0) is 18.1 Å². The molecule has 0 unspecified atom stereocenters. The number of aryl methyl sites for hydroxylation is 1. The SMILES string of the molecule is CCc1cc(NCCN2CCN(Cc3ccccc3)CC2)c2nncn2n1. The number of anilines is 1. The van der Waals surface area contributed by atoms with Crippen molar-refractivity contribution in [2.24, 2.45) is 0 Å². The van der Waals surface area contributed by atoms with Gasteiger partial charge in [0.05, 0.1) is 11.4 Å². The van der Waals surface area contributed by atoms with Crippen molar-refractivity contribution < 1.29 is 0 Å². The third kappa shape index (κ3) is 4.43. The van der Waals surface area contributed by atoms with Crippen LogP contribution in [0.15, 0.2) is 42.7 Å². The molecule has 27 heavy (non-hydrogen) atoms. The predicted molar refractivity (Wildman–Crippen MR) is 107 cm³/mol. The van der Waals surface area contributed by atoms with Gasteiger partial charge < -0.3 is 5.32 Å². The summed E-state index contributed by atoms with van der Waals surface area (Å²) >= 11 is 0. The standard InChI is InChI=1S/C20H27N7/c1-2-18-14-19(20-23-22-16-27(20)24-18)21-8-9-25-10-12-26(13-11-25)15-17-6-4-3-5-7-17/h3-7,14,16,21H,2,8-13,15H2,1H3. The Kier molecular flexibility index (Phi) is 5.60. The number of benzene rings is 1. The van der Waals surface area contributed by atoms with Crippen molar-refractivity contribution in [3.05, 3.63) is 54.0 Å². The lowest BCUT2D eigenvalue weighted by atomic mass is 10.2. The molecule has 1 saturated heterocycles. The first-order valence-corrected chi connectivity index (χ1v) is 9.74. The van der Waals surface area contributed by atoms with Crippen LogP contribution >= 0.6 is 0 Å². The minimum absolute atomic E-state index is 0.792. The molecule has 1 N–H and O–H groups in total. The molecule has 2 aromatic heterocycles. The monoisotopic (exact) mass is 365 g/mol. The number of nitrogens with one attached hydrogen (secondary N) is 1. The van der Waals surface area contributed by atoms with E-state index >= 15 is 0 Å². The first-order valence-electron chi connectivity index (χ1n) is 9.74. The maximum absolute atomic E-state index is 4.49. The number of aromatic nitrogens is 4. The molecular formula is C20H27N7. The first-order chi connectivity index (χ1) is 13.3. The lowest BCUT2D eigenvalue weighted by molar-refractivity contribution is 0.130. The summed E-state index contributed by atoms with van der Waals surface area (Å²) in [5.74, 6) is 0. The first kappa shape index (κ1) is 17.9. The smallest absolute Gasteiger partial charge is 0.200 e. The quantitative estimate of drug-likeness (QED) is 0.690. The summed E-state index contributed by atoms with van der Waals surface area (Å²) in [6, 6.07) is 12.8. The molecule has 0 atom stereocenters. The lowest BCUT2D eigenvalue weighted by Gasteiger charge is -2.34. The molecule has 0 aliphatic carbocycles. The van der Waals surface area contributed by atoms with E-state index < -0.39 is 0 Å². The Balaban J connectivity index is 1.25. The molecule has 0 saturated carbocycles. The highest BCUT2D eigenvalue weighted by molar-refractivity contribution is 5.66. The van der Waals surface area contributed by atoms with E-state index in [2.05, 4.69) is 73.7 Å². The van der Waals surface area contributed by atoms with Crippen molar-refractivity contribution in [2.75, 3.05) is 44.6 Å². The summed E-state index contributed by atoms with van der Waals surface area (Å²) in [7, 11) is 0. The van der Waals surface area contributed by atoms with Gasteiger partial charge in [0.25, 0.3) is 0 Å². The van der Waals surface area contributed by atoms with Gasteiger partial charge >= 0.3 is 0 Å². The Morgan fingerprint density at radius 2 is 1.81 bits per heavy atom. The van der Waals surface area contributed by atoms with Crippen LogP contribution in [-0.2, 0) is 13.0 Å². The van der Waals surface area contributed by atoms with Crippen molar-refractivity contribution in [1.29, 1.82) is 0 Å². The molecule has 4 rings (SSSR count). The highest BCUT2D eigenvalue weighted by atomic mass is 15.3. The van der Waals surface area contributed by atoms with Crippen LogP contribution in [0.2, 0.25) is 0 Å².